The molecule has 5 heteroatoms. The lowest BCUT2D eigenvalue weighted by Gasteiger charge is -2.10. The molecule has 23 heavy (non-hydrogen) atoms. The van der Waals surface area contributed by atoms with E-state index < -0.39 is 5.82 Å². The van der Waals surface area contributed by atoms with Gasteiger partial charge < -0.3 is 10.6 Å². The van der Waals surface area contributed by atoms with Crippen LogP contribution in [0.4, 0.5) is 10.1 Å². The third kappa shape index (κ3) is 4.92. The van der Waals surface area contributed by atoms with Gasteiger partial charge in [-0.3, -0.25) is 9.59 Å². The number of anilines is 1. The van der Waals surface area contributed by atoms with Crippen molar-refractivity contribution in [3.63, 3.8) is 0 Å². The minimum absolute atomic E-state index is 0.0639. The Kier molecular flexibility index (Phi) is 5.46. The third-order valence-electron chi connectivity index (χ3n) is 3.26. The van der Waals surface area contributed by atoms with Gasteiger partial charge in [-0.25, -0.2) is 4.39 Å². The smallest absolute Gasteiger partial charge is 0.251 e. The predicted octanol–water partition coefficient (Wildman–Crippen LogP) is 3.35. The second-order valence-corrected chi connectivity index (χ2v) is 5.54. The summed E-state index contributed by atoms with van der Waals surface area (Å²) in [6, 6.07) is 12.8. The molecule has 0 saturated carbocycles. The number of carbonyl (C=O) groups is 2. The van der Waals surface area contributed by atoms with Crippen molar-refractivity contribution in [2.24, 2.45) is 5.92 Å². The number of nitrogens with one attached hydrogen (secondary N) is 2. The van der Waals surface area contributed by atoms with Crippen molar-refractivity contribution in [2.45, 2.75) is 20.4 Å². The molecule has 0 aliphatic rings. The van der Waals surface area contributed by atoms with E-state index >= 15 is 0 Å². The molecule has 2 aromatic rings. The van der Waals surface area contributed by atoms with E-state index in [1.807, 2.05) is 19.9 Å². The van der Waals surface area contributed by atoms with E-state index in [9.17, 15) is 14.0 Å². The number of rotatable bonds is 5. The van der Waals surface area contributed by atoms with Gasteiger partial charge in [-0.1, -0.05) is 32.0 Å². The summed E-state index contributed by atoms with van der Waals surface area (Å²) in [5.74, 6) is -0.963. The molecular formula is C18H19FN2O2. The molecule has 0 unspecified atom stereocenters. The number of carbonyl (C=O) groups excluding carboxylic acids is 2. The molecule has 0 saturated heterocycles. The van der Waals surface area contributed by atoms with Gasteiger partial charge in [0.1, 0.15) is 5.82 Å². The summed E-state index contributed by atoms with van der Waals surface area (Å²) in [6.07, 6.45) is 0. The highest BCUT2D eigenvalue weighted by Gasteiger charge is 2.08. The normalized spacial score (nSPS) is 10.4. The molecule has 4 nitrogen and oxygen atoms in total. The zero-order chi connectivity index (χ0) is 16.8. The van der Waals surface area contributed by atoms with Crippen molar-refractivity contribution in [1.29, 1.82) is 0 Å². The predicted molar refractivity (Wildman–Crippen MR) is 87.5 cm³/mol. The van der Waals surface area contributed by atoms with Crippen LogP contribution >= 0.6 is 0 Å². The fourth-order valence-electron chi connectivity index (χ4n) is 1.96. The van der Waals surface area contributed by atoms with Crippen LogP contribution in [0.3, 0.4) is 0 Å². The van der Waals surface area contributed by atoms with Gasteiger partial charge in [-0.15, -0.1) is 0 Å². The first kappa shape index (κ1) is 16.7. The summed E-state index contributed by atoms with van der Waals surface area (Å²) in [5.41, 5.74) is 1.80. The van der Waals surface area contributed by atoms with Gasteiger partial charge in [0.15, 0.2) is 0 Å². The topological polar surface area (TPSA) is 58.2 Å². The van der Waals surface area contributed by atoms with Crippen molar-refractivity contribution in [3.05, 3.63) is 65.5 Å². The maximum absolute atomic E-state index is 13.1. The zero-order valence-electron chi connectivity index (χ0n) is 13.1. The maximum atomic E-state index is 13.1. The molecule has 0 atom stereocenters. The first-order valence-corrected chi connectivity index (χ1v) is 7.39. The van der Waals surface area contributed by atoms with Gasteiger partial charge in [0.2, 0.25) is 5.91 Å². The van der Waals surface area contributed by atoms with Crippen LogP contribution in [0, 0.1) is 11.7 Å². The van der Waals surface area contributed by atoms with Crippen molar-refractivity contribution >= 4 is 17.5 Å². The maximum Gasteiger partial charge on any atom is 0.251 e. The number of benzene rings is 2. The molecule has 2 N–H and O–H groups in total. The van der Waals surface area contributed by atoms with Gasteiger partial charge in [0.25, 0.3) is 5.91 Å². The molecule has 0 aliphatic carbocycles. The number of hydrogen-bond donors (Lipinski definition) is 2. The zero-order valence-corrected chi connectivity index (χ0v) is 13.1. The summed E-state index contributed by atoms with van der Waals surface area (Å²) in [4.78, 5) is 23.7. The van der Waals surface area contributed by atoms with Crippen molar-refractivity contribution < 1.29 is 14.0 Å². The summed E-state index contributed by atoms with van der Waals surface area (Å²) >= 11 is 0. The molecule has 0 bridgehead atoms. The molecule has 0 radical (unpaired) electrons. The van der Waals surface area contributed by atoms with E-state index in [-0.39, 0.29) is 23.3 Å². The molecule has 120 valence electrons. The number of hydrogen-bond acceptors (Lipinski definition) is 2. The summed E-state index contributed by atoms with van der Waals surface area (Å²) in [7, 11) is 0. The Morgan fingerprint density at radius 1 is 1.09 bits per heavy atom. The van der Waals surface area contributed by atoms with E-state index in [4.69, 9.17) is 0 Å². The van der Waals surface area contributed by atoms with E-state index in [2.05, 4.69) is 10.6 Å². The molecule has 0 spiro atoms. The highest BCUT2D eigenvalue weighted by Crippen LogP contribution is 2.12. The highest BCUT2D eigenvalue weighted by molar-refractivity contribution is 5.94. The van der Waals surface area contributed by atoms with E-state index in [0.717, 1.165) is 5.56 Å². The van der Waals surface area contributed by atoms with Crippen LogP contribution in [0.5, 0.6) is 0 Å². The van der Waals surface area contributed by atoms with Crippen molar-refractivity contribution in [3.8, 4) is 0 Å². The fraction of sp³-hybridized carbons (Fsp3) is 0.222. The Morgan fingerprint density at radius 2 is 1.83 bits per heavy atom. The minimum atomic E-state index is -0.448. The molecule has 0 heterocycles. The Morgan fingerprint density at radius 3 is 2.52 bits per heavy atom. The van der Waals surface area contributed by atoms with Crippen LogP contribution in [0.1, 0.15) is 29.8 Å². The molecule has 0 fully saturated rings. The quantitative estimate of drug-likeness (QED) is 0.889. The molecule has 2 amide bonds. The Balaban J connectivity index is 1.98. The average Bonchev–Trinajstić information content (AvgIpc) is 2.53. The molecular weight excluding hydrogens is 295 g/mol. The molecule has 0 aliphatic heterocycles. The largest absolute Gasteiger partial charge is 0.348 e. The SMILES string of the molecule is CC(C)C(=O)Nc1cccc(CNC(=O)c2cccc(F)c2)c1. The Labute approximate surface area is 134 Å². The average molecular weight is 314 g/mol. The first-order valence-electron chi connectivity index (χ1n) is 7.39. The molecule has 0 aromatic heterocycles. The minimum Gasteiger partial charge on any atom is -0.348 e. The van der Waals surface area contributed by atoms with Gasteiger partial charge in [0.05, 0.1) is 0 Å². The monoisotopic (exact) mass is 314 g/mol. The number of amides is 2. The van der Waals surface area contributed by atoms with E-state index in [1.54, 1.807) is 24.3 Å². The summed E-state index contributed by atoms with van der Waals surface area (Å²) in [6.45, 7) is 3.93. The van der Waals surface area contributed by atoms with Crippen molar-refractivity contribution in [2.75, 3.05) is 5.32 Å². The lowest BCUT2D eigenvalue weighted by atomic mass is 10.1. The fourth-order valence-corrected chi connectivity index (χ4v) is 1.96. The second-order valence-electron chi connectivity index (χ2n) is 5.54. The summed E-state index contributed by atoms with van der Waals surface area (Å²) < 4.78 is 13.1. The second kappa shape index (κ2) is 7.54. The van der Waals surface area contributed by atoms with Crippen LogP contribution in [0.15, 0.2) is 48.5 Å². The van der Waals surface area contributed by atoms with E-state index in [1.165, 1.54) is 18.2 Å². The van der Waals surface area contributed by atoms with Gasteiger partial charge in [-0.05, 0) is 35.9 Å². The Bertz CT molecular complexity index is 714. The highest BCUT2D eigenvalue weighted by atomic mass is 19.1. The van der Waals surface area contributed by atoms with Crippen LogP contribution in [-0.2, 0) is 11.3 Å². The standard InChI is InChI=1S/C18H19FN2O2/c1-12(2)17(22)21-16-8-3-5-13(9-16)11-20-18(23)14-6-4-7-15(19)10-14/h3-10,12H,11H2,1-2H3,(H,20,23)(H,21,22). The van der Waals surface area contributed by atoms with Crippen LogP contribution < -0.4 is 10.6 Å². The summed E-state index contributed by atoms with van der Waals surface area (Å²) in [5, 5.41) is 5.53. The lowest BCUT2D eigenvalue weighted by molar-refractivity contribution is -0.118. The molecule has 2 rings (SSSR count). The van der Waals surface area contributed by atoms with Gasteiger partial charge >= 0.3 is 0 Å². The van der Waals surface area contributed by atoms with E-state index in [0.29, 0.717) is 12.2 Å². The van der Waals surface area contributed by atoms with Gasteiger partial charge in [0, 0.05) is 23.7 Å². The molecule has 2 aromatic carbocycles. The lowest BCUT2D eigenvalue weighted by Crippen LogP contribution is -2.23. The van der Waals surface area contributed by atoms with Crippen LogP contribution in [0.2, 0.25) is 0 Å². The number of halogens is 1. The van der Waals surface area contributed by atoms with Gasteiger partial charge in [-0.2, -0.15) is 0 Å². The first-order chi connectivity index (χ1) is 11.0. The van der Waals surface area contributed by atoms with Crippen molar-refractivity contribution in [1.82, 2.24) is 5.32 Å². The van der Waals surface area contributed by atoms with Crippen LogP contribution in [0.25, 0.3) is 0 Å². The van der Waals surface area contributed by atoms with Crippen LogP contribution in [-0.4, -0.2) is 11.8 Å². The Hall–Kier alpha value is -2.69. The third-order valence-corrected chi connectivity index (χ3v) is 3.26.